The molecule has 1 atom stereocenters. The van der Waals surface area contributed by atoms with Crippen molar-refractivity contribution in [2.75, 3.05) is 0 Å². The van der Waals surface area contributed by atoms with Gasteiger partial charge >= 0.3 is 0 Å². The van der Waals surface area contributed by atoms with Crippen LogP contribution in [0.3, 0.4) is 0 Å². The molecule has 18 heavy (non-hydrogen) atoms. The maximum absolute atomic E-state index is 12.1. The van der Waals surface area contributed by atoms with Crippen LogP contribution in [0.5, 0.6) is 0 Å². The van der Waals surface area contributed by atoms with Gasteiger partial charge in [-0.05, 0) is 24.8 Å². The molecule has 1 aromatic carbocycles. The number of benzene rings is 1. The third kappa shape index (κ3) is 2.42. The highest BCUT2D eigenvalue weighted by Crippen LogP contribution is 2.39. The minimum absolute atomic E-state index is 0.0708. The number of hydrogen-bond acceptors (Lipinski definition) is 3. The first-order chi connectivity index (χ1) is 8.40. The van der Waals surface area contributed by atoms with Crippen LogP contribution >= 0.6 is 0 Å². The second-order valence-corrected chi connectivity index (χ2v) is 5.61. The van der Waals surface area contributed by atoms with Gasteiger partial charge in [0.25, 0.3) is 5.69 Å². The van der Waals surface area contributed by atoms with E-state index in [1.165, 1.54) is 12.1 Å². The summed E-state index contributed by atoms with van der Waals surface area (Å²) < 4.78 is 0. The van der Waals surface area contributed by atoms with Gasteiger partial charge in [0, 0.05) is 23.5 Å². The predicted octanol–water partition coefficient (Wildman–Crippen LogP) is 3.14. The molecule has 1 fully saturated rings. The lowest BCUT2D eigenvalue weighted by molar-refractivity contribution is -0.384. The van der Waals surface area contributed by atoms with Crippen molar-refractivity contribution in [3.05, 3.63) is 39.9 Å². The first-order valence-electron chi connectivity index (χ1n) is 6.18. The molecule has 0 spiro atoms. The quantitative estimate of drug-likeness (QED) is 0.609. The van der Waals surface area contributed by atoms with Crippen LogP contribution < -0.4 is 0 Å². The molecular formula is C14H17NO3. The molecule has 0 aromatic heterocycles. The molecule has 1 unspecified atom stereocenters. The summed E-state index contributed by atoms with van der Waals surface area (Å²) in [5.74, 6) is 0.391. The van der Waals surface area contributed by atoms with Gasteiger partial charge in [0.1, 0.15) is 5.78 Å². The third-order valence-corrected chi connectivity index (χ3v) is 3.78. The van der Waals surface area contributed by atoms with Gasteiger partial charge < -0.3 is 0 Å². The molecule has 1 aromatic rings. The van der Waals surface area contributed by atoms with Gasteiger partial charge in [-0.3, -0.25) is 14.9 Å². The molecule has 1 saturated carbocycles. The number of rotatable bonds is 3. The van der Waals surface area contributed by atoms with Crippen LogP contribution in [0.25, 0.3) is 0 Å². The van der Waals surface area contributed by atoms with E-state index in [1.807, 2.05) is 13.8 Å². The zero-order valence-electron chi connectivity index (χ0n) is 10.7. The Morgan fingerprint density at radius 3 is 2.39 bits per heavy atom. The van der Waals surface area contributed by atoms with Gasteiger partial charge in [0.2, 0.25) is 0 Å². The SMILES string of the molecule is CC1(C)CCC(Cc2ccc([N+](=O)[O-])cc2)C1=O. The summed E-state index contributed by atoms with van der Waals surface area (Å²) in [6, 6.07) is 6.49. The van der Waals surface area contributed by atoms with Gasteiger partial charge in [-0.2, -0.15) is 0 Å². The molecule has 4 heteroatoms. The van der Waals surface area contributed by atoms with Crippen LogP contribution in [0.15, 0.2) is 24.3 Å². The van der Waals surface area contributed by atoms with Gasteiger partial charge in [-0.1, -0.05) is 26.0 Å². The van der Waals surface area contributed by atoms with E-state index in [4.69, 9.17) is 0 Å². The van der Waals surface area contributed by atoms with Crippen molar-refractivity contribution in [2.24, 2.45) is 11.3 Å². The van der Waals surface area contributed by atoms with Crippen molar-refractivity contribution in [3.8, 4) is 0 Å². The van der Waals surface area contributed by atoms with Crippen molar-refractivity contribution in [2.45, 2.75) is 33.1 Å². The summed E-state index contributed by atoms with van der Waals surface area (Å²) in [6.45, 7) is 3.98. The van der Waals surface area contributed by atoms with Crippen LogP contribution in [0, 0.1) is 21.4 Å². The zero-order chi connectivity index (χ0) is 13.3. The number of Topliss-reactive ketones (excluding diaryl/α,β-unsaturated/α-hetero) is 1. The monoisotopic (exact) mass is 247 g/mol. The van der Waals surface area contributed by atoms with E-state index in [2.05, 4.69) is 0 Å². The fourth-order valence-electron chi connectivity index (χ4n) is 2.57. The van der Waals surface area contributed by atoms with E-state index in [1.54, 1.807) is 12.1 Å². The van der Waals surface area contributed by atoms with Gasteiger partial charge in [0.05, 0.1) is 4.92 Å². The molecule has 1 aliphatic rings. The van der Waals surface area contributed by atoms with Gasteiger partial charge in [-0.15, -0.1) is 0 Å². The van der Waals surface area contributed by atoms with E-state index in [0.29, 0.717) is 12.2 Å². The fraction of sp³-hybridized carbons (Fsp3) is 0.500. The number of nitrogens with zero attached hydrogens (tertiary/aromatic N) is 1. The summed E-state index contributed by atoms with van der Waals surface area (Å²) in [6.07, 6.45) is 2.55. The van der Waals surface area contributed by atoms with Crippen LogP contribution in [0.2, 0.25) is 0 Å². The molecule has 0 N–H and O–H groups in total. The highest BCUT2D eigenvalue weighted by atomic mass is 16.6. The lowest BCUT2D eigenvalue weighted by Gasteiger charge is -2.15. The molecular weight excluding hydrogens is 230 g/mol. The number of hydrogen-bond donors (Lipinski definition) is 0. The minimum atomic E-state index is -0.409. The summed E-state index contributed by atoms with van der Waals surface area (Å²) in [7, 11) is 0. The second-order valence-electron chi connectivity index (χ2n) is 5.61. The number of carbonyl (C=O) groups excluding carboxylic acids is 1. The maximum Gasteiger partial charge on any atom is 0.269 e. The number of non-ortho nitro benzene ring substituents is 1. The Bertz CT molecular complexity index is 476. The summed E-state index contributed by atoms with van der Waals surface area (Å²) in [5.41, 5.74) is 0.888. The summed E-state index contributed by atoms with van der Waals surface area (Å²) in [5, 5.41) is 10.5. The molecule has 0 amide bonds. The van der Waals surface area contributed by atoms with Crippen LogP contribution in [-0.4, -0.2) is 10.7 Å². The van der Waals surface area contributed by atoms with E-state index in [9.17, 15) is 14.9 Å². The molecule has 4 nitrogen and oxygen atoms in total. The molecule has 1 aliphatic carbocycles. The van der Waals surface area contributed by atoms with Crippen LogP contribution in [-0.2, 0) is 11.2 Å². The van der Waals surface area contributed by atoms with Crippen molar-refractivity contribution < 1.29 is 9.72 Å². The van der Waals surface area contributed by atoms with Crippen molar-refractivity contribution in [1.29, 1.82) is 0 Å². The lowest BCUT2D eigenvalue weighted by Crippen LogP contribution is -2.22. The Morgan fingerprint density at radius 2 is 1.94 bits per heavy atom. The Kier molecular flexibility index (Phi) is 3.20. The van der Waals surface area contributed by atoms with Crippen LogP contribution in [0.4, 0.5) is 5.69 Å². The minimum Gasteiger partial charge on any atom is -0.299 e. The molecule has 2 rings (SSSR count). The Hall–Kier alpha value is -1.71. The van der Waals surface area contributed by atoms with Crippen LogP contribution in [0.1, 0.15) is 32.3 Å². The molecule has 0 saturated heterocycles. The fourth-order valence-corrected chi connectivity index (χ4v) is 2.57. The topological polar surface area (TPSA) is 60.2 Å². The number of carbonyl (C=O) groups is 1. The average molecular weight is 247 g/mol. The molecule has 0 aliphatic heterocycles. The highest BCUT2D eigenvalue weighted by Gasteiger charge is 2.39. The van der Waals surface area contributed by atoms with Gasteiger partial charge in [0.15, 0.2) is 0 Å². The third-order valence-electron chi connectivity index (χ3n) is 3.78. The first-order valence-corrected chi connectivity index (χ1v) is 6.18. The van der Waals surface area contributed by atoms with Crippen molar-refractivity contribution in [1.82, 2.24) is 0 Å². The van der Waals surface area contributed by atoms with Crippen molar-refractivity contribution in [3.63, 3.8) is 0 Å². The molecule has 0 heterocycles. The molecule has 96 valence electrons. The summed E-state index contributed by atoms with van der Waals surface area (Å²) in [4.78, 5) is 22.2. The van der Waals surface area contributed by atoms with Crippen molar-refractivity contribution >= 4 is 11.5 Å². The van der Waals surface area contributed by atoms with E-state index in [0.717, 1.165) is 18.4 Å². The number of ketones is 1. The summed E-state index contributed by atoms with van der Waals surface area (Å²) >= 11 is 0. The number of nitro groups is 1. The highest BCUT2D eigenvalue weighted by molar-refractivity contribution is 5.88. The lowest BCUT2D eigenvalue weighted by atomic mass is 9.87. The average Bonchev–Trinajstić information content (AvgIpc) is 2.57. The predicted molar refractivity (Wildman–Crippen MR) is 68.3 cm³/mol. The Labute approximate surface area is 106 Å². The largest absolute Gasteiger partial charge is 0.299 e. The number of nitro benzene ring substituents is 1. The normalized spacial score (nSPS) is 22.1. The molecule has 0 radical (unpaired) electrons. The van der Waals surface area contributed by atoms with E-state index in [-0.39, 0.29) is 17.0 Å². The molecule has 0 bridgehead atoms. The Balaban J connectivity index is 2.07. The first kappa shape index (κ1) is 12.7. The standard InChI is InChI=1S/C14H17NO3/c1-14(2)8-7-11(13(14)16)9-10-3-5-12(6-4-10)15(17)18/h3-6,11H,7-9H2,1-2H3. The van der Waals surface area contributed by atoms with E-state index < -0.39 is 4.92 Å². The smallest absolute Gasteiger partial charge is 0.269 e. The Morgan fingerprint density at radius 1 is 1.33 bits per heavy atom. The van der Waals surface area contributed by atoms with E-state index >= 15 is 0 Å². The van der Waals surface area contributed by atoms with Gasteiger partial charge in [-0.25, -0.2) is 0 Å². The zero-order valence-corrected chi connectivity index (χ0v) is 10.7. The second kappa shape index (κ2) is 4.52. The maximum atomic E-state index is 12.1.